The first-order valence-corrected chi connectivity index (χ1v) is 9.65. The fourth-order valence-corrected chi connectivity index (χ4v) is 3.02. The number of carbonyl (C=O) groups excluding carboxylic acids is 1. The third-order valence-corrected chi connectivity index (χ3v) is 4.62. The van der Waals surface area contributed by atoms with Gasteiger partial charge in [0, 0.05) is 11.6 Å². The average molecular weight is 386 g/mol. The maximum atomic E-state index is 11.7. The van der Waals surface area contributed by atoms with E-state index in [4.69, 9.17) is 9.88 Å². The van der Waals surface area contributed by atoms with Crippen LogP contribution < -0.4 is 10.5 Å². The molecule has 0 aliphatic rings. The Kier molecular flexibility index (Phi) is 5.24. The zero-order chi connectivity index (χ0) is 19.4. The molecule has 0 spiro atoms. The van der Waals surface area contributed by atoms with Crippen LogP contribution in [0.2, 0.25) is 0 Å². The minimum absolute atomic E-state index is 0.00420. The van der Waals surface area contributed by atoms with Gasteiger partial charge >= 0.3 is 6.09 Å². The highest BCUT2D eigenvalue weighted by Gasteiger charge is 2.15. The third kappa shape index (κ3) is 4.33. The molecule has 8 nitrogen and oxygen atoms in total. The van der Waals surface area contributed by atoms with E-state index in [0.29, 0.717) is 17.2 Å². The second kappa shape index (κ2) is 7.60. The maximum absolute atomic E-state index is 11.7. The summed E-state index contributed by atoms with van der Waals surface area (Å²) in [5.74, 6) is 0.308. The van der Waals surface area contributed by atoms with Gasteiger partial charge in [-0.25, -0.2) is 23.0 Å². The summed E-state index contributed by atoms with van der Waals surface area (Å²) in [7, 11) is -3.78. The van der Waals surface area contributed by atoms with Crippen molar-refractivity contribution >= 4 is 21.9 Å². The molecule has 0 aliphatic heterocycles. The number of primary sulfonamides is 1. The molecule has 0 aliphatic carbocycles. The third-order valence-electron chi connectivity index (χ3n) is 3.69. The van der Waals surface area contributed by atoms with Crippen LogP contribution in [-0.4, -0.2) is 30.9 Å². The van der Waals surface area contributed by atoms with Crippen molar-refractivity contribution in [2.24, 2.45) is 5.14 Å². The van der Waals surface area contributed by atoms with E-state index in [-0.39, 0.29) is 11.5 Å². The van der Waals surface area contributed by atoms with Gasteiger partial charge in [-0.05, 0) is 31.2 Å². The summed E-state index contributed by atoms with van der Waals surface area (Å²) in [6.45, 7) is 1.95. The predicted octanol–water partition coefficient (Wildman–Crippen LogP) is 2.76. The Bertz CT molecular complexity index is 1040. The number of hydrogen-bond acceptors (Lipinski definition) is 5. The normalized spacial score (nSPS) is 11.2. The maximum Gasteiger partial charge on any atom is 0.412 e. The number of hydrogen-bond donors (Lipinski definition) is 2. The van der Waals surface area contributed by atoms with Gasteiger partial charge in [-0.1, -0.05) is 30.3 Å². The van der Waals surface area contributed by atoms with Crippen molar-refractivity contribution < 1.29 is 17.9 Å². The van der Waals surface area contributed by atoms with Gasteiger partial charge in [-0.3, -0.25) is 5.32 Å². The minimum Gasteiger partial charge on any atom is -0.450 e. The van der Waals surface area contributed by atoms with Gasteiger partial charge in [0.1, 0.15) is 0 Å². The van der Waals surface area contributed by atoms with Crippen LogP contribution >= 0.6 is 0 Å². The second-order valence-electron chi connectivity index (χ2n) is 5.58. The molecule has 0 saturated carbocycles. The van der Waals surface area contributed by atoms with Crippen LogP contribution in [0.15, 0.2) is 65.6 Å². The Hall–Kier alpha value is -3.17. The average Bonchev–Trinajstić information content (AvgIpc) is 3.06. The molecule has 3 N–H and O–H groups in total. The molecule has 0 bridgehead atoms. The first kappa shape index (κ1) is 18.6. The van der Waals surface area contributed by atoms with E-state index in [0.717, 1.165) is 5.56 Å². The Labute approximate surface area is 156 Å². The first-order valence-electron chi connectivity index (χ1n) is 8.11. The van der Waals surface area contributed by atoms with Gasteiger partial charge < -0.3 is 4.74 Å². The lowest BCUT2D eigenvalue weighted by Gasteiger charge is -2.08. The number of carbonyl (C=O) groups is 1. The molecule has 1 amide bonds. The molecule has 3 rings (SSSR count). The summed E-state index contributed by atoms with van der Waals surface area (Å²) in [5, 5.41) is 12.1. The quantitative estimate of drug-likeness (QED) is 0.699. The van der Waals surface area contributed by atoms with Crippen molar-refractivity contribution in [3.63, 3.8) is 0 Å². The van der Waals surface area contributed by atoms with E-state index in [9.17, 15) is 13.2 Å². The monoisotopic (exact) mass is 386 g/mol. The Balaban J connectivity index is 2.04. The molecule has 1 aromatic heterocycles. The van der Waals surface area contributed by atoms with Gasteiger partial charge in [0.25, 0.3) is 0 Å². The number of benzene rings is 2. The van der Waals surface area contributed by atoms with Gasteiger partial charge in [0.2, 0.25) is 10.0 Å². The molecule has 140 valence electrons. The highest BCUT2D eigenvalue weighted by molar-refractivity contribution is 7.89. The van der Waals surface area contributed by atoms with E-state index >= 15 is 0 Å². The lowest BCUT2D eigenvalue weighted by molar-refractivity contribution is 0.168. The summed E-state index contributed by atoms with van der Waals surface area (Å²) >= 11 is 0. The van der Waals surface area contributed by atoms with Crippen LogP contribution in [0, 0.1) is 0 Å². The number of anilines is 1. The molecule has 0 fully saturated rings. The summed E-state index contributed by atoms with van der Waals surface area (Å²) in [4.78, 5) is 11.7. The molecule has 2 aromatic carbocycles. The molecule has 1 heterocycles. The van der Waals surface area contributed by atoms with Crippen molar-refractivity contribution in [2.45, 2.75) is 11.8 Å². The molecule has 9 heteroatoms. The van der Waals surface area contributed by atoms with Gasteiger partial charge in [-0.2, -0.15) is 0 Å². The number of nitrogens with zero attached hydrogens (tertiary/aromatic N) is 2. The Morgan fingerprint density at radius 3 is 2.41 bits per heavy atom. The van der Waals surface area contributed by atoms with Crippen molar-refractivity contribution in [1.82, 2.24) is 9.78 Å². The number of nitrogens with two attached hydrogens (primary N) is 1. The summed E-state index contributed by atoms with van der Waals surface area (Å²) in [5.41, 5.74) is 2.20. The number of nitrogens with one attached hydrogen (secondary N) is 1. The highest BCUT2D eigenvalue weighted by atomic mass is 32.2. The van der Waals surface area contributed by atoms with E-state index in [1.807, 2.05) is 30.3 Å². The fraction of sp³-hybridized carbons (Fsp3) is 0.111. The number of aromatic nitrogens is 2. The first-order chi connectivity index (χ1) is 12.9. The van der Waals surface area contributed by atoms with Crippen molar-refractivity contribution in [3.8, 4) is 16.9 Å². The zero-order valence-corrected chi connectivity index (χ0v) is 15.3. The fourth-order valence-electron chi connectivity index (χ4n) is 2.50. The second-order valence-corrected chi connectivity index (χ2v) is 7.14. The van der Waals surface area contributed by atoms with E-state index in [2.05, 4.69) is 10.4 Å². The lowest BCUT2D eigenvalue weighted by atomic mass is 10.1. The molecule has 0 atom stereocenters. The van der Waals surface area contributed by atoms with Crippen molar-refractivity contribution in [3.05, 3.63) is 60.7 Å². The molecule has 3 aromatic rings. The number of ether oxygens (including phenoxy) is 1. The summed E-state index contributed by atoms with van der Waals surface area (Å²) in [6.07, 6.45) is -0.605. The predicted molar refractivity (Wildman–Crippen MR) is 101 cm³/mol. The lowest BCUT2D eigenvalue weighted by Crippen LogP contribution is -2.14. The Morgan fingerprint density at radius 2 is 1.81 bits per heavy atom. The van der Waals surface area contributed by atoms with Crippen LogP contribution in [0.1, 0.15) is 6.92 Å². The van der Waals surface area contributed by atoms with Crippen LogP contribution in [0.25, 0.3) is 16.9 Å². The topological polar surface area (TPSA) is 116 Å². The zero-order valence-electron chi connectivity index (χ0n) is 14.5. The largest absolute Gasteiger partial charge is 0.450 e. The molecule has 0 unspecified atom stereocenters. The van der Waals surface area contributed by atoms with Crippen LogP contribution in [0.5, 0.6) is 0 Å². The van der Waals surface area contributed by atoms with Crippen molar-refractivity contribution in [2.75, 3.05) is 11.9 Å². The number of amides is 1. The van der Waals surface area contributed by atoms with Crippen LogP contribution in [-0.2, 0) is 14.8 Å². The van der Waals surface area contributed by atoms with E-state index in [1.54, 1.807) is 29.8 Å². The van der Waals surface area contributed by atoms with Gasteiger partial charge in [0.05, 0.1) is 22.9 Å². The van der Waals surface area contributed by atoms with E-state index < -0.39 is 16.1 Å². The molecule has 0 radical (unpaired) electrons. The summed E-state index contributed by atoms with van der Waals surface area (Å²) in [6, 6.07) is 17.2. The minimum atomic E-state index is -3.78. The van der Waals surface area contributed by atoms with E-state index in [1.165, 1.54) is 12.1 Å². The molecule has 27 heavy (non-hydrogen) atoms. The molecular weight excluding hydrogens is 368 g/mol. The van der Waals surface area contributed by atoms with Crippen LogP contribution in [0.3, 0.4) is 0 Å². The molecular formula is C18H18N4O4S. The SMILES string of the molecule is CCOC(=O)Nc1cc(-c2ccccc2)n(-c2ccc(S(N)(=O)=O)cc2)n1. The van der Waals surface area contributed by atoms with Gasteiger partial charge in [-0.15, -0.1) is 5.10 Å². The smallest absolute Gasteiger partial charge is 0.412 e. The van der Waals surface area contributed by atoms with Gasteiger partial charge in [0.15, 0.2) is 5.82 Å². The molecule has 0 saturated heterocycles. The van der Waals surface area contributed by atoms with Crippen molar-refractivity contribution in [1.29, 1.82) is 0 Å². The number of rotatable bonds is 5. The standard InChI is InChI=1S/C18H18N4O4S/c1-2-26-18(23)20-17-12-16(13-6-4-3-5-7-13)22(21-17)14-8-10-15(11-9-14)27(19,24)25/h3-12H,2H2,1H3,(H2,19,24,25)(H,20,21,23). The Morgan fingerprint density at radius 1 is 1.15 bits per heavy atom. The van der Waals surface area contributed by atoms with Crippen LogP contribution in [0.4, 0.5) is 10.6 Å². The highest BCUT2D eigenvalue weighted by Crippen LogP contribution is 2.26. The summed E-state index contributed by atoms with van der Waals surface area (Å²) < 4.78 is 29.4. The number of sulfonamides is 1.